The third kappa shape index (κ3) is 4.09. The van der Waals surface area contributed by atoms with Gasteiger partial charge >= 0.3 is 0 Å². The molecule has 0 unspecified atom stereocenters. The van der Waals surface area contributed by atoms with Gasteiger partial charge in [0.05, 0.1) is 24.0 Å². The average Bonchev–Trinajstić information content (AvgIpc) is 3.36. The van der Waals surface area contributed by atoms with Crippen molar-refractivity contribution in [3.63, 3.8) is 0 Å². The minimum absolute atomic E-state index is 0.00745. The van der Waals surface area contributed by atoms with Crippen molar-refractivity contribution in [1.82, 2.24) is 24.2 Å². The van der Waals surface area contributed by atoms with E-state index in [1.807, 2.05) is 20.8 Å². The van der Waals surface area contributed by atoms with Crippen molar-refractivity contribution in [2.75, 3.05) is 29.9 Å². The van der Waals surface area contributed by atoms with Gasteiger partial charge in [0.25, 0.3) is 11.5 Å². The number of aryl methyl sites for hydroxylation is 1. The molecule has 1 saturated heterocycles. The molecule has 2 aliphatic heterocycles. The van der Waals surface area contributed by atoms with Crippen LogP contribution in [0.5, 0.6) is 5.75 Å². The molecule has 1 aromatic carbocycles. The van der Waals surface area contributed by atoms with Crippen molar-refractivity contribution in [2.45, 2.75) is 45.8 Å². The fourth-order valence-electron chi connectivity index (χ4n) is 6.26. The Hall–Kier alpha value is -5.07. The molecule has 228 valence electrons. The summed E-state index contributed by atoms with van der Waals surface area (Å²) in [6, 6.07) is 3.29. The maximum atomic E-state index is 16.1. The van der Waals surface area contributed by atoms with Crippen LogP contribution in [-0.2, 0) is 9.59 Å². The van der Waals surface area contributed by atoms with E-state index in [0.717, 1.165) is 12.1 Å². The van der Waals surface area contributed by atoms with Crippen molar-refractivity contribution in [1.29, 1.82) is 0 Å². The van der Waals surface area contributed by atoms with E-state index in [9.17, 15) is 19.5 Å². The number of nitrogens with zero attached hydrogens (tertiary/aromatic N) is 7. The lowest BCUT2D eigenvalue weighted by atomic mass is 9.98. The summed E-state index contributed by atoms with van der Waals surface area (Å²) >= 11 is 0. The molecule has 0 radical (unpaired) electrons. The lowest BCUT2D eigenvalue weighted by molar-refractivity contribution is -0.130. The number of hydrogen-bond donors (Lipinski definition) is 1. The van der Waals surface area contributed by atoms with Crippen molar-refractivity contribution < 1.29 is 23.5 Å². The molecule has 4 aromatic rings. The summed E-state index contributed by atoms with van der Waals surface area (Å²) in [4.78, 5) is 50.0. The second kappa shape index (κ2) is 10.3. The van der Waals surface area contributed by atoms with E-state index < -0.39 is 46.1 Å². The first-order chi connectivity index (χ1) is 20.9. The van der Waals surface area contributed by atoms with Crippen LogP contribution in [0, 0.1) is 18.6 Å². The Morgan fingerprint density at radius 2 is 1.89 bits per heavy atom. The van der Waals surface area contributed by atoms with Crippen LogP contribution in [0.3, 0.4) is 0 Å². The molecule has 1 N–H and O–H groups in total. The number of phenols is 1. The summed E-state index contributed by atoms with van der Waals surface area (Å²) in [5, 5.41) is 15.1. The van der Waals surface area contributed by atoms with E-state index in [1.54, 1.807) is 22.7 Å². The molecule has 0 saturated carbocycles. The Morgan fingerprint density at radius 1 is 1.16 bits per heavy atom. The number of hydrogen-bond acceptors (Lipinski definition) is 7. The van der Waals surface area contributed by atoms with Crippen molar-refractivity contribution >= 4 is 34.2 Å². The van der Waals surface area contributed by atoms with E-state index in [0.29, 0.717) is 11.4 Å². The zero-order chi connectivity index (χ0) is 31.8. The minimum atomic E-state index is -0.941. The maximum Gasteiger partial charge on any atom is 0.284 e. The monoisotopic (exact) mass is 603 g/mol. The first kappa shape index (κ1) is 29.0. The Kier molecular flexibility index (Phi) is 6.78. The highest BCUT2D eigenvalue weighted by Crippen LogP contribution is 2.43. The molecule has 13 heteroatoms. The van der Waals surface area contributed by atoms with E-state index in [1.165, 1.54) is 39.6 Å². The molecule has 44 heavy (non-hydrogen) atoms. The number of anilines is 2. The molecule has 0 aliphatic carbocycles. The van der Waals surface area contributed by atoms with Crippen LogP contribution >= 0.6 is 0 Å². The summed E-state index contributed by atoms with van der Waals surface area (Å²) in [5.41, 5.74) is -0.683. The molecule has 1 fully saturated rings. The van der Waals surface area contributed by atoms with Gasteiger partial charge in [-0.25, -0.2) is 23.0 Å². The highest BCUT2D eigenvalue weighted by Gasteiger charge is 2.46. The van der Waals surface area contributed by atoms with Gasteiger partial charge in [-0.05, 0) is 52.0 Å². The molecule has 2 amide bonds. The van der Waals surface area contributed by atoms with Crippen LogP contribution in [-0.4, -0.2) is 73.4 Å². The molecular formula is C31H31F2N7O4. The zero-order valence-corrected chi connectivity index (χ0v) is 24.9. The van der Waals surface area contributed by atoms with Gasteiger partial charge in [0.1, 0.15) is 34.8 Å². The number of phenolic OH excluding ortho intramolecular Hbond substituents is 1. The van der Waals surface area contributed by atoms with Crippen molar-refractivity contribution in [2.24, 2.45) is 0 Å². The minimum Gasteiger partial charge on any atom is -0.507 e. The van der Waals surface area contributed by atoms with Gasteiger partial charge in [0.2, 0.25) is 5.91 Å². The molecule has 2 aliphatic rings. The Labute approximate surface area is 251 Å². The van der Waals surface area contributed by atoms with Gasteiger partial charge in [0.15, 0.2) is 11.5 Å². The number of fused-ring (bicyclic) bond motifs is 5. The number of pyridine rings is 2. The number of carbonyl (C=O) groups is 2. The molecular weight excluding hydrogens is 572 g/mol. The number of aromatic hydroxyl groups is 1. The summed E-state index contributed by atoms with van der Waals surface area (Å²) in [6.07, 6.45) is 2.77. The van der Waals surface area contributed by atoms with E-state index in [-0.39, 0.29) is 53.5 Å². The molecule has 3 aromatic heterocycles. The highest BCUT2D eigenvalue weighted by atomic mass is 19.1. The summed E-state index contributed by atoms with van der Waals surface area (Å²) < 4.78 is 34.0. The third-order valence-corrected chi connectivity index (χ3v) is 8.36. The fourth-order valence-corrected chi connectivity index (χ4v) is 6.26. The molecule has 5 heterocycles. The first-order valence-electron chi connectivity index (χ1n) is 14.2. The maximum absolute atomic E-state index is 16.1. The van der Waals surface area contributed by atoms with Crippen LogP contribution in [0.4, 0.5) is 20.2 Å². The smallest absolute Gasteiger partial charge is 0.284 e. The van der Waals surface area contributed by atoms with Crippen molar-refractivity contribution in [3.05, 3.63) is 70.7 Å². The molecule has 6 rings (SSSR count). The Balaban J connectivity index is 1.74. The van der Waals surface area contributed by atoms with Gasteiger partial charge in [-0.3, -0.25) is 14.4 Å². The summed E-state index contributed by atoms with van der Waals surface area (Å²) in [7, 11) is 1.47. The van der Waals surface area contributed by atoms with Crippen LogP contribution in [0.2, 0.25) is 0 Å². The Bertz CT molecular complexity index is 1930. The quantitative estimate of drug-likeness (QED) is 0.354. The van der Waals surface area contributed by atoms with Crippen molar-refractivity contribution in [3.8, 4) is 22.8 Å². The fraction of sp³-hybridized carbons (Fsp3) is 0.323. The molecule has 11 nitrogen and oxygen atoms in total. The standard InChI is InChI=1S/C31H31F2N7O4/c1-7-23(42)37-14-21-30(43)36(6)27-26(38(21)13-17(37)5)18-11-20(33)25(24-19(32)9-8-10-22(24)41)35-28(18)39(31(27)44)29-16(4)12-34-40(29)15(2)3/h7-12,15,17,21,41H,1,13-14H2,2-6H3/t17-,21-/m1/s1. The normalized spacial score (nSPS) is 18.2. The second-order valence-electron chi connectivity index (χ2n) is 11.5. The predicted octanol–water partition coefficient (Wildman–Crippen LogP) is 3.69. The summed E-state index contributed by atoms with van der Waals surface area (Å²) in [5.74, 6) is -2.76. The SMILES string of the molecule is C=CC(=O)N1C[C@@H]2C(=O)N(C)c3c(c4cc(F)c(-c5c(O)cccc5F)nc4n(-c4c(C)cnn4C(C)C)c3=O)N2C[C@H]1C. The summed E-state index contributed by atoms with van der Waals surface area (Å²) in [6.45, 7) is 11.1. The van der Waals surface area contributed by atoms with Gasteiger partial charge in [-0.15, -0.1) is 0 Å². The number of amides is 2. The molecule has 0 bridgehead atoms. The number of piperazine rings is 1. The zero-order valence-electron chi connectivity index (χ0n) is 24.9. The van der Waals surface area contributed by atoms with Crippen LogP contribution in [0.1, 0.15) is 32.4 Å². The lowest BCUT2D eigenvalue weighted by Gasteiger charge is -2.49. The van der Waals surface area contributed by atoms with Gasteiger partial charge in [0, 0.05) is 36.6 Å². The molecule has 0 spiro atoms. The number of rotatable bonds is 4. The van der Waals surface area contributed by atoms with E-state index in [4.69, 9.17) is 0 Å². The largest absolute Gasteiger partial charge is 0.507 e. The van der Waals surface area contributed by atoms with E-state index >= 15 is 8.78 Å². The number of carbonyl (C=O) groups excluding carboxylic acids is 2. The topological polar surface area (TPSA) is 117 Å². The first-order valence-corrected chi connectivity index (χ1v) is 14.2. The number of halogens is 2. The predicted molar refractivity (Wildman–Crippen MR) is 161 cm³/mol. The average molecular weight is 604 g/mol. The lowest BCUT2D eigenvalue weighted by Crippen LogP contribution is -2.66. The third-order valence-electron chi connectivity index (χ3n) is 8.36. The Morgan fingerprint density at radius 3 is 2.55 bits per heavy atom. The van der Waals surface area contributed by atoms with Gasteiger partial charge in [-0.1, -0.05) is 12.6 Å². The second-order valence-corrected chi connectivity index (χ2v) is 11.5. The van der Waals surface area contributed by atoms with Gasteiger partial charge in [-0.2, -0.15) is 5.10 Å². The van der Waals surface area contributed by atoms with Gasteiger partial charge < -0.3 is 19.8 Å². The van der Waals surface area contributed by atoms with E-state index in [2.05, 4.69) is 16.7 Å². The van der Waals surface area contributed by atoms with Crippen LogP contribution in [0.25, 0.3) is 28.1 Å². The van der Waals surface area contributed by atoms with Crippen LogP contribution < -0.4 is 15.4 Å². The van der Waals surface area contributed by atoms with Crippen LogP contribution in [0.15, 0.2) is 47.9 Å². The molecule has 2 atom stereocenters. The number of likely N-dealkylation sites (N-methyl/N-ethyl adjacent to an activating group) is 1. The highest BCUT2D eigenvalue weighted by molar-refractivity contribution is 6.12. The number of benzene rings is 1. The number of aromatic nitrogens is 4.